The van der Waals surface area contributed by atoms with Crippen LogP contribution >= 0.6 is 0 Å². The van der Waals surface area contributed by atoms with Gasteiger partial charge in [0.2, 0.25) is 0 Å². The predicted octanol–water partition coefficient (Wildman–Crippen LogP) is 2.36. The Bertz CT molecular complexity index is 844. The average Bonchev–Trinajstić information content (AvgIpc) is 2.72. The minimum Gasteiger partial charge on any atom is -0.497 e. The molecule has 0 unspecified atom stereocenters. The summed E-state index contributed by atoms with van der Waals surface area (Å²) in [6.45, 7) is 2.22. The first-order valence-corrected chi connectivity index (χ1v) is 8.63. The van der Waals surface area contributed by atoms with E-state index in [1.807, 2.05) is 18.2 Å². The minimum absolute atomic E-state index is 0.0272. The van der Waals surface area contributed by atoms with Gasteiger partial charge in [0.15, 0.2) is 0 Å². The number of rotatable bonds is 5. The zero-order chi connectivity index (χ0) is 19.4. The summed E-state index contributed by atoms with van der Waals surface area (Å²) in [4.78, 5) is 28.0. The molecule has 1 N–H and O–H groups in total. The second-order valence-corrected chi connectivity index (χ2v) is 6.17. The number of carboxylic acid groups (broad SMARTS) is 1. The molecule has 27 heavy (non-hydrogen) atoms. The number of amides is 1. The lowest BCUT2D eigenvalue weighted by Crippen LogP contribution is -2.49. The average molecular weight is 370 g/mol. The van der Waals surface area contributed by atoms with Gasteiger partial charge in [-0.3, -0.25) is 4.79 Å². The van der Waals surface area contributed by atoms with Crippen LogP contribution in [0.1, 0.15) is 20.7 Å². The van der Waals surface area contributed by atoms with Gasteiger partial charge in [-0.05, 0) is 24.3 Å². The Morgan fingerprint density at radius 2 is 1.59 bits per heavy atom. The number of benzene rings is 2. The van der Waals surface area contributed by atoms with Crippen molar-refractivity contribution in [1.82, 2.24) is 4.90 Å². The SMILES string of the molecule is COc1ccc(OC)c(N2CCN(C(=O)c3ccccc3C(=O)O)CC2)c1. The van der Waals surface area contributed by atoms with Crippen molar-refractivity contribution in [1.29, 1.82) is 0 Å². The minimum atomic E-state index is -1.10. The highest BCUT2D eigenvalue weighted by Gasteiger charge is 2.26. The smallest absolute Gasteiger partial charge is 0.336 e. The van der Waals surface area contributed by atoms with E-state index in [1.165, 1.54) is 6.07 Å². The summed E-state index contributed by atoms with van der Waals surface area (Å²) in [5, 5.41) is 9.31. The summed E-state index contributed by atoms with van der Waals surface area (Å²) in [6, 6.07) is 11.9. The third-order valence-corrected chi connectivity index (χ3v) is 4.68. The lowest BCUT2D eigenvalue weighted by Gasteiger charge is -2.37. The molecule has 3 rings (SSSR count). The van der Waals surface area contributed by atoms with E-state index in [0.29, 0.717) is 26.2 Å². The normalized spacial score (nSPS) is 14.0. The Balaban J connectivity index is 1.75. The van der Waals surface area contributed by atoms with Crippen LogP contribution in [0.2, 0.25) is 0 Å². The highest BCUT2D eigenvalue weighted by atomic mass is 16.5. The van der Waals surface area contributed by atoms with Gasteiger partial charge in [-0.1, -0.05) is 12.1 Å². The van der Waals surface area contributed by atoms with Crippen LogP contribution in [0.3, 0.4) is 0 Å². The summed E-state index contributed by atoms with van der Waals surface area (Å²) in [6.07, 6.45) is 0. The molecule has 2 aromatic rings. The molecule has 7 nitrogen and oxygen atoms in total. The Morgan fingerprint density at radius 1 is 0.926 bits per heavy atom. The van der Waals surface area contributed by atoms with Crippen LogP contribution in [-0.4, -0.2) is 62.3 Å². The fourth-order valence-corrected chi connectivity index (χ4v) is 3.22. The molecule has 0 bridgehead atoms. The molecular weight excluding hydrogens is 348 g/mol. The first-order valence-electron chi connectivity index (χ1n) is 8.63. The molecule has 142 valence electrons. The predicted molar refractivity (Wildman–Crippen MR) is 101 cm³/mol. The first kappa shape index (κ1) is 18.6. The molecule has 1 fully saturated rings. The summed E-state index contributed by atoms with van der Waals surface area (Å²) >= 11 is 0. The zero-order valence-corrected chi connectivity index (χ0v) is 15.3. The van der Waals surface area contributed by atoms with Crippen molar-refractivity contribution in [2.75, 3.05) is 45.3 Å². The highest BCUT2D eigenvalue weighted by Crippen LogP contribution is 2.33. The van der Waals surface area contributed by atoms with Gasteiger partial charge >= 0.3 is 5.97 Å². The van der Waals surface area contributed by atoms with E-state index in [0.717, 1.165) is 17.2 Å². The molecule has 1 aliphatic heterocycles. The van der Waals surface area contributed by atoms with Gasteiger partial charge in [0, 0.05) is 32.2 Å². The maximum atomic E-state index is 12.8. The van der Waals surface area contributed by atoms with E-state index in [-0.39, 0.29) is 17.0 Å². The van der Waals surface area contributed by atoms with Crippen molar-refractivity contribution in [2.45, 2.75) is 0 Å². The van der Waals surface area contributed by atoms with Crippen LogP contribution in [0, 0.1) is 0 Å². The Labute approximate surface area is 157 Å². The van der Waals surface area contributed by atoms with Gasteiger partial charge in [0.25, 0.3) is 5.91 Å². The maximum Gasteiger partial charge on any atom is 0.336 e. The Morgan fingerprint density at radius 3 is 2.19 bits per heavy atom. The molecule has 0 atom stereocenters. The number of carbonyl (C=O) groups excluding carboxylic acids is 1. The second kappa shape index (κ2) is 7.99. The van der Waals surface area contributed by atoms with Crippen molar-refractivity contribution >= 4 is 17.6 Å². The number of piperazine rings is 1. The third kappa shape index (κ3) is 3.81. The molecule has 0 aliphatic carbocycles. The van der Waals surface area contributed by atoms with E-state index in [9.17, 15) is 14.7 Å². The van der Waals surface area contributed by atoms with Crippen molar-refractivity contribution < 1.29 is 24.2 Å². The number of methoxy groups -OCH3 is 2. The molecular formula is C20H22N2O5. The summed E-state index contributed by atoms with van der Waals surface area (Å²) < 4.78 is 10.7. The van der Waals surface area contributed by atoms with Crippen LogP contribution < -0.4 is 14.4 Å². The molecule has 0 aromatic heterocycles. The highest BCUT2D eigenvalue weighted by molar-refractivity contribution is 6.04. The fraction of sp³-hybridized carbons (Fsp3) is 0.300. The van der Waals surface area contributed by atoms with E-state index in [1.54, 1.807) is 37.3 Å². The molecule has 0 radical (unpaired) electrons. The molecule has 0 spiro atoms. The Kier molecular flexibility index (Phi) is 5.49. The van der Waals surface area contributed by atoms with Crippen LogP contribution in [0.25, 0.3) is 0 Å². The summed E-state index contributed by atoms with van der Waals surface area (Å²) in [5.41, 5.74) is 1.16. The van der Waals surface area contributed by atoms with Gasteiger partial charge < -0.3 is 24.4 Å². The van der Waals surface area contributed by atoms with Crippen molar-refractivity contribution in [3.8, 4) is 11.5 Å². The van der Waals surface area contributed by atoms with Crippen molar-refractivity contribution in [3.05, 3.63) is 53.6 Å². The fourth-order valence-electron chi connectivity index (χ4n) is 3.22. The maximum absolute atomic E-state index is 12.8. The zero-order valence-electron chi connectivity index (χ0n) is 15.3. The van der Waals surface area contributed by atoms with Gasteiger partial charge in [0.05, 0.1) is 31.0 Å². The molecule has 1 heterocycles. The monoisotopic (exact) mass is 370 g/mol. The molecule has 0 saturated carbocycles. The van der Waals surface area contributed by atoms with Gasteiger partial charge in [0.1, 0.15) is 11.5 Å². The number of hydrogen-bond acceptors (Lipinski definition) is 5. The van der Waals surface area contributed by atoms with E-state index < -0.39 is 5.97 Å². The number of ether oxygens (including phenoxy) is 2. The van der Waals surface area contributed by atoms with Gasteiger partial charge in [-0.15, -0.1) is 0 Å². The Hall–Kier alpha value is -3.22. The molecule has 1 amide bonds. The molecule has 2 aromatic carbocycles. The third-order valence-electron chi connectivity index (χ3n) is 4.68. The quantitative estimate of drug-likeness (QED) is 0.870. The van der Waals surface area contributed by atoms with Crippen LogP contribution in [-0.2, 0) is 0 Å². The first-order chi connectivity index (χ1) is 13.0. The number of hydrogen-bond donors (Lipinski definition) is 1. The standard InChI is InChI=1S/C20H22N2O5/c1-26-14-7-8-18(27-2)17(13-14)21-9-11-22(12-10-21)19(23)15-5-3-4-6-16(15)20(24)25/h3-8,13H,9-12H2,1-2H3,(H,24,25). The molecule has 1 aliphatic rings. The van der Waals surface area contributed by atoms with E-state index in [4.69, 9.17) is 9.47 Å². The summed E-state index contributed by atoms with van der Waals surface area (Å²) in [5.74, 6) is 0.121. The van der Waals surface area contributed by atoms with Gasteiger partial charge in [-0.2, -0.15) is 0 Å². The largest absolute Gasteiger partial charge is 0.497 e. The van der Waals surface area contributed by atoms with Gasteiger partial charge in [-0.25, -0.2) is 4.79 Å². The lowest BCUT2D eigenvalue weighted by molar-refractivity contribution is 0.0673. The summed E-state index contributed by atoms with van der Waals surface area (Å²) in [7, 11) is 3.23. The second-order valence-electron chi connectivity index (χ2n) is 6.17. The van der Waals surface area contributed by atoms with E-state index in [2.05, 4.69) is 4.90 Å². The van der Waals surface area contributed by atoms with Crippen LogP contribution in [0.15, 0.2) is 42.5 Å². The number of carboxylic acids is 1. The van der Waals surface area contributed by atoms with Crippen LogP contribution in [0.4, 0.5) is 5.69 Å². The van der Waals surface area contributed by atoms with E-state index >= 15 is 0 Å². The van der Waals surface area contributed by atoms with Crippen molar-refractivity contribution in [2.24, 2.45) is 0 Å². The van der Waals surface area contributed by atoms with Crippen molar-refractivity contribution in [3.63, 3.8) is 0 Å². The molecule has 7 heteroatoms. The number of carbonyl (C=O) groups is 2. The number of anilines is 1. The van der Waals surface area contributed by atoms with Crippen LogP contribution in [0.5, 0.6) is 11.5 Å². The topological polar surface area (TPSA) is 79.3 Å². The number of aromatic carboxylic acids is 1. The molecule has 1 saturated heterocycles. The number of nitrogens with zero attached hydrogens (tertiary/aromatic N) is 2. The lowest BCUT2D eigenvalue weighted by atomic mass is 10.1.